The molecule has 0 saturated carbocycles. The molecule has 13 heteroatoms. The zero-order chi connectivity index (χ0) is 24.2. The van der Waals surface area contributed by atoms with Gasteiger partial charge in [0.25, 0.3) is 11.8 Å². The Bertz CT molecular complexity index is 981. The maximum absolute atomic E-state index is 12.2. The van der Waals surface area contributed by atoms with Crippen molar-refractivity contribution >= 4 is 24.2 Å². The molecule has 13 nitrogen and oxygen atoms in total. The van der Waals surface area contributed by atoms with Gasteiger partial charge < -0.3 is 29.7 Å². The van der Waals surface area contributed by atoms with E-state index in [1.165, 1.54) is 6.07 Å². The number of alkyl carbamates (subject to hydrolysis) is 1. The van der Waals surface area contributed by atoms with Crippen LogP contribution < -0.4 is 26.0 Å². The highest BCUT2D eigenvalue weighted by molar-refractivity contribution is 5.92. The van der Waals surface area contributed by atoms with Crippen molar-refractivity contribution in [2.24, 2.45) is 4.99 Å². The van der Waals surface area contributed by atoms with Crippen molar-refractivity contribution in [2.75, 3.05) is 26.2 Å². The Morgan fingerprint density at radius 3 is 2.82 bits per heavy atom. The van der Waals surface area contributed by atoms with Crippen LogP contribution >= 0.6 is 0 Å². The molecule has 1 aromatic heterocycles. The van der Waals surface area contributed by atoms with Crippen LogP contribution in [-0.4, -0.2) is 73.0 Å². The Balaban J connectivity index is 1.36. The molecule has 2 atom stereocenters. The standard InChI is InChI=1S/C21H26N6O7/c28-18(16-11-17(27-34-16)32-10-4-7-22-20-23-8-9-24-20)25-12-15(19(29)30)26-21(31)33-13-14-5-2-1-3-6-14/h1-3,5-6,8,11,15,20,22,24H,4,7,9-10,12-13H2,(H,25,28)(H,26,31)(H,29,30)/t15-,20?/m0/s1. The molecule has 34 heavy (non-hydrogen) atoms. The fraction of sp³-hybridized carbons (Fsp3) is 0.381. The molecule has 1 unspecified atom stereocenters. The molecule has 3 rings (SSSR count). The summed E-state index contributed by atoms with van der Waals surface area (Å²) in [5.74, 6) is -2.08. The zero-order valence-electron chi connectivity index (χ0n) is 18.2. The number of carboxylic acids is 1. The molecule has 182 valence electrons. The van der Waals surface area contributed by atoms with Crippen molar-refractivity contribution in [3.8, 4) is 5.88 Å². The number of hydrogen-bond donors (Lipinski definition) is 5. The molecule has 0 spiro atoms. The smallest absolute Gasteiger partial charge is 0.408 e. The summed E-state index contributed by atoms with van der Waals surface area (Å²) < 4.78 is 15.4. The average Bonchev–Trinajstić information content (AvgIpc) is 3.53. The van der Waals surface area contributed by atoms with Crippen LogP contribution in [0.25, 0.3) is 0 Å². The summed E-state index contributed by atoms with van der Waals surface area (Å²) in [5.41, 5.74) is 0.748. The van der Waals surface area contributed by atoms with Gasteiger partial charge in [0, 0.05) is 25.8 Å². The first-order valence-electron chi connectivity index (χ1n) is 10.6. The average molecular weight is 474 g/mol. The first kappa shape index (κ1) is 24.7. The number of aliphatic imine (C=N–C) groups is 1. The number of rotatable bonds is 13. The van der Waals surface area contributed by atoms with Crippen LogP contribution in [0.4, 0.5) is 4.79 Å². The molecule has 2 heterocycles. The van der Waals surface area contributed by atoms with E-state index in [1.807, 2.05) is 6.07 Å². The first-order valence-corrected chi connectivity index (χ1v) is 10.6. The number of aromatic nitrogens is 1. The second-order valence-corrected chi connectivity index (χ2v) is 7.13. The van der Waals surface area contributed by atoms with Gasteiger partial charge in [-0.3, -0.25) is 20.4 Å². The van der Waals surface area contributed by atoms with Gasteiger partial charge in [0.05, 0.1) is 12.7 Å². The number of hydrogen-bond acceptors (Lipinski definition) is 10. The van der Waals surface area contributed by atoms with Crippen LogP contribution in [0.1, 0.15) is 22.5 Å². The molecule has 1 aliphatic heterocycles. The van der Waals surface area contributed by atoms with Crippen LogP contribution in [0.5, 0.6) is 5.88 Å². The number of benzene rings is 1. The Morgan fingerprint density at radius 2 is 2.09 bits per heavy atom. The van der Waals surface area contributed by atoms with Crippen molar-refractivity contribution in [1.82, 2.24) is 26.4 Å². The van der Waals surface area contributed by atoms with E-state index in [4.69, 9.17) is 14.0 Å². The maximum atomic E-state index is 12.2. The normalized spacial score (nSPS) is 15.5. The second-order valence-electron chi connectivity index (χ2n) is 7.13. The molecule has 0 saturated heterocycles. The number of ether oxygens (including phenoxy) is 2. The number of aliphatic carboxylic acids is 1. The minimum absolute atomic E-state index is 0.0202. The fourth-order valence-corrected chi connectivity index (χ4v) is 2.81. The van der Waals surface area contributed by atoms with Crippen LogP contribution in [0.15, 0.2) is 45.9 Å². The number of nitrogens with zero attached hydrogens (tertiary/aromatic N) is 2. The van der Waals surface area contributed by atoms with Gasteiger partial charge in [-0.15, -0.1) is 0 Å². The number of carbonyl (C=O) groups excluding carboxylic acids is 2. The van der Waals surface area contributed by atoms with Crippen LogP contribution in [0.3, 0.4) is 0 Å². The topological polar surface area (TPSA) is 176 Å². The predicted molar refractivity (Wildman–Crippen MR) is 118 cm³/mol. The van der Waals surface area contributed by atoms with Crippen molar-refractivity contribution < 1.29 is 33.5 Å². The lowest BCUT2D eigenvalue weighted by Gasteiger charge is -2.15. The molecule has 0 fully saturated rings. The molecule has 5 N–H and O–H groups in total. The minimum atomic E-state index is -1.41. The van der Waals surface area contributed by atoms with E-state index < -0.39 is 30.6 Å². The largest absolute Gasteiger partial charge is 0.480 e. The molecule has 1 aliphatic rings. The maximum Gasteiger partial charge on any atom is 0.408 e. The van der Waals surface area contributed by atoms with E-state index in [0.29, 0.717) is 19.6 Å². The number of carboxylic acid groups (broad SMARTS) is 1. The molecular weight excluding hydrogens is 448 g/mol. The van der Waals surface area contributed by atoms with Gasteiger partial charge in [0.2, 0.25) is 5.76 Å². The highest BCUT2D eigenvalue weighted by Gasteiger charge is 2.23. The Kier molecular flexibility index (Phi) is 9.37. The lowest BCUT2D eigenvalue weighted by Crippen LogP contribution is -2.48. The van der Waals surface area contributed by atoms with E-state index in [1.54, 1.807) is 30.5 Å². The molecular formula is C21H26N6O7. The van der Waals surface area contributed by atoms with E-state index in [-0.39, 0.29) is 24.5 Å². The van der Waals surface area contributed by atoms with Gasteiger partial charge in [0.1, 0.15) is 12.6 Å². The third-order valence-electron chi connectivity index (χ3n) is 4.55. The van der Waals surface area contributed by atoms with Gasteiger partial charge in [-0.05, 0) is 17.1 Å². The third kappa shape index (κ3) is 8.18. The van der Waals surface area contributed by atoms with Crippen molar-refractivity contribution in [3.05, 3.63) is 47.7 Å². The molecule has 0 radical (unpaired) electrons. The lowest BCUT2D eigenvalue weighted by atomic mass is 10.2. The van der Waals surface area contributed by atoms with Crippen LogP contribution in [-0.2, 0) is 16.1 Å². The quantitative estimate of drug-likeness (QED) is 0.250. The first-order chi connectivity index (χ1) is 16.5. The third-order valence-corrected chi connectivity index (χ3v) is 4.55. The summed E-state index contributed by atoms with van der Waals surface area (Å²) in [7, 11) is 0. The number of carbonyl (C=O) groups is 3. The fourth-order valence-electron chi connectivity index (χ4n) is 2.81. The Labute approximate surface area is 194 Å². The predicted octanol–water partition coefficient (Wildman–Crippen LogP) is 0.100. The van der Waals surface area contributed by atoms with E-state index in [9.17, 15) is 19.5 Å². The highest BCUT2D eigenvalue weighted by Crippen LogP contribution is 2.11. The lowest BCUT2D eigenvalue weighted by molar-refractivity contribution is -0.139. The molecule has 1 aromatic carbocycles. The molecule has 0 aliphatic carbocycles. The van der Waals surface area contributed by atoms with E-state index >= 15 is 0 Å². The van der Waals surface area contributed by atoms with Crippen molar-refractivity contribution in [1.29, 1.82) is 0 Å². The Morgan fingerprint density at radius 1 is 1.26 bits per heavy atom. The molecule has 0 bridgehead atoms. The van der Waals surface area contributed by atoms with E-state index in [2.05, 4.69) is 31.4 Å². The van der Waals surface area contributed by atoms with Crippen molar-refractivity contribution in [2.45, 2.75) is 25.4 Å². The number of amides is 2. The van der Waals surface area contributed by atoms with Crippen LogP contribution in [0.2, 0.25) is 0 Å². The molecule has 2 aromatic rings. The van der Waals surface area contributed by atoms with E-state index in [0.717, 1.165) is 12.1 Å². The van der Waals surface area contributed by atoms with Gasteiger partial charge in [-0.2, -0.15) is 0 Å². The summed E-state index contributed by atoms with van der Waals surface area (Å²) in [6, 6.07) is 8.80. The second kappa shape index (κ2) is 12.9. The van der Waals surface area contributed by atoms with Crippen molar-refractivity contribution in [3.63, 3.8) is 0 Å². The summed E-state index contributed by atoms with van der Waals surface area (Å²) in [4.78, 5) is 39.7. The van der Waals surface area contributed by atoms with Gasteiger partial charge in [-0.25, -0.2) is 9.59 Å². The summed E-state index contributed by atoms with van der Waals surface area (Å²) in [6.45, 7) is 1.33. The van der Waals surface area contributed by atoms with Crippen LogP contribution in [0, 0.1) is 0 Å². The van der Waals surface area contributed by atoms with Gasteiger partial charge in [0.15, 0.2) is 6.29 Å². The minimum Gasteiger partial charge on any atom is -0.480 e. The highest BCUT2D eigenvalue weighted by atomic mass is 16.5. The monoisotopic (exact) mass is 474 g/mol. The zero-order valence-corrected chi connectivity index (χ0v) is 18.2. The Hall–Kier alpha value is -3.97. The summed E-state index contributed by atoms with van der Waals surface area (Å²) in [6.07, 6.45) is 1.46. The van der Waals surface area contributed by atoms with Gasteiger partial charge in [-0.1, -0.05) is 30.3 Å². The summed E-state index contributed by atoms with van der Waals surface area (Å²) in [5, 5.41) is 23.8. The number of nitrogens with one attached hydrogen (secondary N) is 4. The summed E-state index contributed by atoms with van der Waals surface area (Å²) >= 11 is 0. The SMILES string of the molecule is O=C(N[C@@H](CNC(=O)c1cc(OCCCNC2N=CCN2)no1)C(=O)O)OCc1ccccc1. The van der Waals surface area contributed by atoms with Gasteiger partial charge >= 0.3 is 12.1 Å². The molecule has 2 amide bonds.